The number of nitrogens with two attached hydrogens (primary N) is 1. The Balaban J connectivity index is 1.95. The Morgan fingerprint density at radius 2 is 2.24 bits per heavy atom. The Morgan fingerprint density at radius 1 is 1.43 bits per heavy atom. The van der Waals surface area contributed by atoms with E-state index in [4.69, 9.17) is 22.1 Å². The quantitative estimate of drug-likeness (QED) is 0.827. The number of nitrogens with one attached hydrogen (secondary N) is 1. The SMILES string of the molecule is COc1ccc(Cl)cc1NC(=O)CSc1ccc(N)cn1. The van der Waals surface area contributed by atoms with Gasteiger partial charge in [0.25, 0.3) is 0 Å². The lowest BCUT2D eigenvalue weighted by molar-refractivity contribution is -0.113. The first-order valence-corrected chi connectivity index (χ1v) is 7.42. The minimum absolute atomic E-state index is 0.167. The lowest BCUT2D eigenvalue weighted by Gasteiger charge is -2.10. The van der Waals surface area contributed by atoms with Crippen molar-refractivity contribution in [3.63, 3.8) is 0 Å². The molecule has 7 heteroatoms. The largest absolute Gasteiger partial charge is 0.495 e. The summed E-state index contributed by atoms with van der Waals surface area (Å²) in [5.41, 5.74) is 6.69. The molecule has 0 spiro atoms. The summed E-state index contributed by atoms with van der Waals surface area (Å²) in [6.07, 6.45) is 1.56. The van der Waals surface area contributed by atoms with E-state index in [0.29, 0.717) is 22.1 Å². The number of amides is 1. The predicted molar refractivity (Wildman–Crippen MR) is 86.0 cm³/mol. The lowest BCUT2D eigenvalue weighted by atomic mass is 10.3. The van der Waals surface area contributed by atoms with Crippen molar-refractivity contribution in [2.24, 2.45) is 0 Å². The van der Waals surface area contributed by atoms with Gasteiger partial charge in [0, 0.05) is 5.02 Å². The van der Waals surface area contributed by atoms with Crippen LogP contribution in [0.2, 0.25) is 5.02 Å². The van der Waals surface area contributed by atoms with Crippen LogP contribution in [0.15, 0.2) is 41.6 Å². The number of aromatic nitrogens is 1. The Morgan fingerprint density at radius 3 is 2.90 bits per heavy atom. The number of halogens is 1. The molecule has 1 aromatic heterocycles. The van der Waals surface area contributed by atoms with Gasteiger partial charge in [0.1, 0.15) is 5.75 Å². The van der Waals surface area contributed by atoms with Gasteiger partial charge in [-0.15, -0.1) is 0 Å². The molecule has 110 valence electrons. The van der Waals surface area contributed by atoms with Crippen LogP contribution >= 0.6 is 23.4 Å². The highest BCUT2D eigenvalue weighted by molar-refractivity contribution is 7.99. The number of hydrogen-bond acceptors (Lipinski definition) is 5. The first-order chi connectivity index (χ1) is 10.1. The fourth-order valence-electron chi connectivity index (χ4n) is 1.58. The molecule has 0 saturated carbocycles. The summed E-state index contributed by atoms with van der Waals surface area (Å²) in [7, 11) is 1.53. The van der Waals surface area contributed by atoms with Gasteiger partial charge in [-0.2, -0.15) is 0 Å². The Labute approximate surface area is 131 Å². The molecule has 0 radical (unpaired) electrons. The van der Waals surface area contributed by atoms with E-state index in [9.17, 15) is 4.79 Å². The van der Waals surface area contributed by atoms with Crippen molar-refractivity contribution in [2.75, 3.05) is 23.9 Å². The molecule has 0 unspecified atom stereocenters. The fraction of sp³-hybridized carbons (Fsp3) is 0.143. The highest BCUT2D eigenvalue weighted by Gasteiger charge is 2.09. The molecule has 0 aliphatic rings. The van der Waals surface area contributed by atoms with Gasteiger partial charge in [0.15, 0.2) is 0 Å². The number of benzene rings is 1. The summed E-state index contributed by atoms with van der Waals surface area (Å²) in [4.78, 5) is 16.1. The van der Waals surface area contributed by atoms with Gasteiger partial charge in [0.2, 0.25) is 5.91 Å². The maximum absolute atomic E-state index is 11.9. The number of hydrogen-bond donors (Lipinski definition) is 2. The molecule has 0 aliphatic heterocycles. The van der Waals surface area contributed by atoms with Crippen molar-refractivity contribution >= 4 is 40.6 Å². The van der Waals surface area contributed by atoms with Gasteiger partial charge in [-0.05, 0) is 30.3 Å². The van der Waals surface area contributed by atoms with Crippen molar-refractivity contribution < 1.29 is 9.53 Å². The van der Waals surface area contributed by atoms with E-state index in [1.165, 1.54) is 18.9 Å². The molecule has 5 nitrogen and oxygen atoms in total. The summed E-state index contributed by atoms with van der Waals surface area (Å²) in [6.45, 7) is 0. The maximum atomic E-state index is 11.9. The highest BCUT2D eigenvalue weighted by atomic mass is 35.5. The van der Waals surface area contributed by atoms with Crippen LogP contribution in [0.5, 0.6) is 5.75 Å². The number of rotatable bonds is 5. The molecule has 1 aromatic carbocycles. The Bertz CT molecular complexity index is 635. The van der Waals surface area contributed by atoms with Crippen LogP contribution in [0, 0.1) is 0 Å². The predicted octanol–water partition coefficient (Wildman–Crippen LogP) is 3.06. The molecule has 0 saturated heterocycles. The van der Waals surface area contributed by atoms with Crippen molar-refractivity contribution in [3.05, 3.63) is 41.6 Å². The van der Waals surface area contributed by atoms with E-state index in [-0.39, 0.29) is 11.7 Å². The lowest BCUT2D eigenvalue weighted by Crippen LogP contribution is -2.14. The standard InChI is InChI=1S/C14H14ClN3O2S/c1-20-12-4-2-9(15)6-11(12)18-13(19)8-21-14-5-3-10(16)7-17-14/h2-7H,8,16H2,1H3,(H,18,19). The maximum Gasteiger partial charge on any atom is 0.234 e. The van der Waals surface area contributed by atoms with E-state index in [0.717, 1.165) is 5.03 Å². The smallest absolute Gasteiger partial charge is 0.234 e. The number of anilines is 2. The minimum Gasteiger partial charge on any atom is -0.495 e. The van der Waals surface area contributed by atoms with E-state index < -0.39 is 0 Å². The monoisotopic (exact) mass is 323 g/mol. The zero-order valence-electron chi connectivity index (χ0n) is 11.3. The van der Waals surface area contributed by atoms with E-state index in [1.54, 1.807) is 36.5 Å². The van der Waals surface area contributed by atoms with Crippen LogP contribution in [0.25, 0.3) is 0 Å². The fourth-order valence-corrected chi connectivity index (χ4v) is 2.40. The van der Waals surface area contributed by atoms with Gasteiger partial charge < -0.3 is 15.8 Å². The number of ether oxygens (including phenoxy) is 1. The molecular weight excluding hydrogens is 310 g/mol. The van der Waals surface area contributed by atoms with E-state index >= 15 is 0 Å². The van der Waals surface area contributed by atoms with Gasteiger partial charge in [-0.1, -0.05) is 23.4 Å². The van der Waals surface area contributed by atoms with Crippen LogP contribution in [-0.4, -0.2) is 23.8 Å². The molecule has 0 bridgehead atoms. The van der Waals surface area contributed by atoms with Crippen molar-refractivity contribution in [1.29, 1.82) is 0 Å². The second-order valence-electron chi connectivity index (χ2n) is 4.11. The van der Waals surface area contributed by atoms with Gasteiger partial charge in [-0.3, -0.25) is 4.79 Å². The normalized spacial score (nSPS) is 10.2. The summed E-state index contributed by atoms with van der Waals surface area (Å²) in [6, 6.07) is 8.56. The third-order valence-corrected chi connectivity index (χ3v) is 3.72. The molecule has 1 heterocycles. The van der Waals surface area contributed by atoms with Crippen molar-refractivity contribution in [2.45, 2.75) is 5.03 Å². The van der Waals surface area contributed by atoms with E-state index in [1.807, 2.05) is 0 Å². The summed E-state index contributed by atoms with van der Waals surface area (Å²) < 4.78 is 5.17. The Hall–Kier alpha value is -1.92. The zero-order chi connectivity index (χ0) is 15.2. The summed E-state index contributed by atoms with van der Waals surface area (Å²) in [5.74, 6) is 0.620. The van der Waals surface area contributed by atoms with Crippen LogP contribution in [0.3, 0.4) is 0 Å². The number of nitrogens with zero attached hydrogens (tertiary/aromatic N) is 1. The van der Waals surface area contributed by atoms with Gasteiger partial charge in [-0.25, -0.2) is 4.98 Å². The highest BCUT2D eigenvalue weighted by Crippen LogP contribution is 2.28. The zero-order valence-corrected chi connectivity index (χ0v) is 12.9. The molecule has 0 fully saturated rings. The van der Waals surface area contributed by atoms with Crippen molar-refractivity contribution in [1.82, 2.24) is 4.98 Å². The van der Waals surface area contributed by atoms with Crippen molar-refractivity contribution in [3.8, 4) is 5.75 Å². The third kappa shape index (κ3) is 4.54. The van der Waals surface area contributed by atoms with E-state index in [2.05, 4.69) is 10.3 Å². The number of carbonyl (C=O) groups excluding carboxylic acids is 1. The average molecular weight is 324 g/mol. The van der Waals surface area contributed by atoms with Gasteiger partial charge in [0.05, 0.1) is 35.5 Å². The van der Waals surface area contributed by atoms with Gasteiger partial charge >= 0.3 is 0 Å². The molecule has 1 amide bonds. The van der Waals surface area contributed by atoms with Crippen LogP contribution < -0.4 is 15.8 Å². The summed E-state index contributed by atoms with van der Waals surface area (Å²) >= 11 is 7.23. The Kier molecular flexibility index (Phi) is 5.30. The second kappa shape index (κ2) is 7.19. The second-order valence-corrected chi connectivity index (χ2v) is 5.54. The van der Waals surface area contributed by atoms with Crippen LogP contribution in [0.1, 0.15) is 0 Å². The molecule has 3 N–H and O–H groups in total. The minimum atomic E-state index is -0.167. The summed E-state index contributed by atoms with van der Waals surface area (Å²) in [5, 5.41) is 4.02. The number of thioether (sulfide) groups is 1. The van der Waals surface area contributed by atoms with Crippen LogP contribution in [-0.2, 0) is 4.79 Å². The molecule has 2 rings (SSSR count). The number of methoxy groups -OCH3 is 1. The number of pyridine rings is 1. The molecule has 0 aliphatic carbocycles. The number of carbonyl (C=O) groups is 1. The molecule has 2 aromatic rings. The molecule has 21 heavy (non-hydrogen) atoms. The van der Waals surface area contributed by atoms with Crippen LogP contribution in [0.4, 0.5) is 11.4 Å². The topological polar surface area (TPSA) is 77.2 Å². The average Bonchev–Trinajstić information content (AvgIpc) is 2.47. The first kappa shape index (κ1) is 15.5. The molecular formula is C14H14ClN3O2S. The first-order valence-electron chi connectivity index (χ1n) is 6.06. The molecule has 0 atom stereocenters. The number of nitrogen functional groups attached to an aromatic ring is 1. The third-order valence-electron chi connectivity index (χ3n) is 2.55.